The third-order valence-corrected chi connectivity index (χ3v) is 3.14. The van der Waals surface area contributed by atoms with Crippen molar-refractivity contribution >= 4 is 5.82 Å². The van der Waals surface area contributed by atoms with Crippen molar-refractivity contribution in [1.29, 1.82) is 0 Å². The van der Waals surface area contributed by atoms with E-state index < -0.39 is 0 Å². The van der Waals surface area contributed by atoms with Crippen LogP contribution >= 0.6 is 0 Å². The Hall–Kier alpha value is -1.09. The lowest BCUT2D eigenvalue weighted by molar-refractivity contribution is 0.481. The number of nitrogens with two attached hydrogens (primary N) is 1. The van der Waals surface area contributed by atoms with Crippen LogP contribution in [0.1, 0.15) is 31.7 Å². The highest BCUT2D eigenvalue weighted by Crippen LogP contribution is 2.22. The van der Waals surface area contributed by atoms with Gasteiger partial charge >= 0.3 is 0 Å². The molecule has 2 N–H and O–H groups in total. The van der Waals surface area contributed by atoms with Crippen LogP contribution in [0.3, 0.4) is 0 Å². The van der Waals surface area contributed by atoms with Gasteiger partial charge in [0.1, 0.15) is 5.82 Å². The van der Waals surface area contributed by atoms with Gasteiger partial charge < -0.3 is 10.6 Å². The van der Waals surface area contributed by atoms with Crippen molar-refractivity contribution in [3.05, 3.63) is 23.9 Å². The Morgan fingerprint density at radius 3 is 2.93 bits per heavy atom. The van der Waals surface area contributed by atoms with Gasteiger partial charge in [-0.05, 0) is 37.8 Å². The van der Waals surface area contributed by atoms with Gasteiger partial charge in [0.15, 0.2) is 0 Å². The van der Waals surface area contributed by atoms with Gasteiger partial charge in [0, 0.05) is 25.3 Å². The molecule has 1 aromatic heterocycles. The smallest absolute Gasteiger partial charge is 0.128 e. The van der Waals surface area contributed by atoms with Crippen molar-refractivity contribution in [2.75, 3.05) is 11.4 Å². The van der Waals surface area contributed by atoms with Crippen molar-refractivity contribution in [3.63, 3.8) is 0 Å². The molecule has 0 bridgehead atoms. The minimum absolute atomic E-state index is 0.572. The molecule has 3 heteroatoms. The molecule has 0 aromatic carbocycles. The van der Waals surface area contributed by atoms with Crippen LogP contribution in [0.4, 0.5) is 5.82 Å². The Kier molecular flexibility index (Phi) is 3.21. The fourth-order valence-corrected chi connectivity index (χ4v) is 2.15. The van der Waals surface area contributed by atoms with Crippen LogP contribution in [0.2, 0.25) is 0 Å². The van der Waals surface area contributed by atoms with Crippen LogP contribution in [0.5, 0.6) is 0 Å². The molecule has 1 fully saturated rings. The maximum atomic E-state index is 5.55. The molecule has 1 unspecified atom stereocenters. The summed E-state index contributed by atoms with van der Waals surface area (Å²) in [6, 6.07) is 4.78. The molecule has 0 spiro atoms. The van der Waals surface area contributed by atoms with E-state index in [2.05, 4.69) is 28.9 Å². The molecular weight excluding hydrogens is 186 g/mol. The SMILES string of the molecule is CC1CCCCN1c1ccc(CN)cn1. The summed E-state index contributed by atoms with van der Waals surface area (Å²) in [5.74, 6) is 1.10. The third-order valence-electron chi connectivity index (χ3n) is 3.14. The van der Waals surface area contributed by atoms with Gasteiger partial charge in [0.2, 0.25) is 0 Å². The molecule has 2 heterocycles. The van der Waals surface area contributed by atoms with Crippen molar-refractivity contribution in [2.45, 2.75) is 38.8 Å². The standard InChI is InChI=1S/C12H19N3/c1-10-4-2-3-7-15(10)12-6-5-11(8-13)9-14-12/h5-6,9-10H,2-4,7-8,13H2,1H3. The van der Waals surface area contributed by atoms with E-state index >= 15 is 0 Å². The maximum absolute atomic E-state index is 5.55. The second-order valence-electron chi connectivity index (χ2n) is 4.27. The lowest BCUT2D eigenvalue weighted by atomic mass is 10.0. The summed E-state index contributed by atoms with van der Waals surface area (Å²) in [4.78, 5) is 6.86. The minimum atomic E-state index is 0.572. The summed E-state index contributed by atoms with van der Waals surface area (Å²) in [6.07, 6.45) is 5.79. The fraction of sp³-hybridized carbons (Fsp3) is 0.583. The van der Waals surface area contributed by atoms with Crippen LogP contribution in [-0.4, -0.2) is 17.6 Å². The van der Waals surface area contributed by atoms with Gasteiger partial charge in [-0.3, -0.25) is 0 Å². The molecule has 1 atom stereocenters. The Morgan fingerprint density at radius 2 is 2.33 bits per heavy atom. The van der Waals surface area contributed by atoms with Gasteiger partial charge in [-0.15, -0.1) is 0 Å². The first-order valence-corrected chi connectivity index (χ1v) is 5.73. The molecule has 0 radical (unpaired) electrons. The molecule has 15 heavy (non-hydrogen) atoms. The average molecular weight is 205 g/mol. The summed E-state index contributed by atoms with van der Waals surface area (Å²) in [6.45, 7) is 3.98. The number of hydrogen-bond acceptors (Lipinski definition) is 3. The van der Waals surface area contributed by atoms with Crippen LogP contribution in [0, 0.1) is 0 Å². The monoisotopic (exact) mass is 205 g/mol. The number of hydrogen-bond donors (Lipinski definition) is 1. The molecule has 0 amide bonds. The first-order chi connectivity index (χ1) is 7.31. The zero-order chi connectivity index (χ0) is 10.7. The lowest BCUT2D eigenvalue weighted by Gasteiger charge is -2.34. The number of aromatic nitrogens is 1. The number of nitrogens with zero attached hydrogens (tertiary/aromatic N) is 2. The average Bonchev–Trinajstić information content (AvgIpc) is 2.30. The lowest BCUT2D eigenvalue weighted by Crippen LogP contribution is -2.37. The highest BCUT2D eigenvalue weighted by atomic mass is 15.2. The quantitative estimate of drug-likeness (QED) is 0.802. The predicted octanol–water partition coefficient (Wildman–Crippen LogP) is 1.92. The number of anilines is 1. The van der Waals surface area contributed by atoms with E-state index in [0.29, 0.717) is 12.6 Å². The maximum Gasteiger partial charge on any atom is 0.128 e. The van der Waals surface area contributed by atoms with Crippen LogP contribution in [0.25, 0.3) is 0 Å². The first kappa shape index (κ1) is 10.4. The summed E-state index contributed by atoms with van der Waals surface area (Å²) in [5, 5.41) is 0. The van der Waals surface area contributed by atoms with Crippen LogP contribution in [-0.2, 0) is 6.54 Å². The van der Waals surface area contributed by atoms with Crippen molar-refractivity contribution in [2.24, 2.45) is 5.73 Å². The molecule has 0 saturated carbocycles. The highest BCUT2D eigenvalue weighted by molar-refractivity contribution is 5.40. The zero-order valence-electron chi connectivity index (χ0n) is 9.32. The molecule has 1 saturated heterocycles. The Labute approximate surface area is 91.3 Å². The van der Waals surface area contributed by atoms with E-state index in [-0.39, 0.29) is 0 Å². The summed E-state index contributed by atoms with van der Waals surface area (Å²) < 4.78 is 0. The third kappa shape index (κ3) is 2.29. The summed E-state index contributed by atoms with van der Waals surface area (Å²) in [7, 11) is 0. The topological polar surface area (TPSA) is 42.1 Å². The molecule has 2 rings (SSSR count). The second kappa shape index (κ2) is 4.62. The van der Waals surface area contributed by atoms with E-state index in [4.69, 9.17) is 5.73 Å². The van der Waals surface area contributed by atoms with Crippen molar-refractivity contribution in [1.82, 2.24) is 4.98 Å². The molecule has 1 aliphatic rings. The molecular formula is C12H19N3. The summed E-state index contributed by atoms with van der Waals surface area (Å²) in [5.41, 5.74) is 6.65. The normalized spacial score (nSPS) is 21.7. The fourth-order valence-electron chi connectivity index (χ4n) is 2.15. The van der Waals surface area contributed by atoms with Gasteiger partial charge in [-0.1, -0.05) is 6.07 Å². The number of rotatable bonds is 2. The van der Waals surface area contributed by atoms with E-state index in [0.717, 1.165) is 17.9 Å². The van der Waals surface area contributed by atoms with Crippen molar-refractivity contribution < 1.29 is 0 Å². The Balaban J connectivity index is 2.13. The molecule has 0 aliphatic carbocycles. The Morgan fingerprint density at radius 1 is 1.47 bits per heavy atom. The van der Waals surface area contributed by atoms with E-state index in [1.54, 1.807) is 0 Å². The van der Waals surface area contributed by atoms with E-state index in [9.17, 15) is 0 Å². The van der Waals surface area contributed by atoms with Crippen LogP contribution in [0.15, 0.2) is 18.3 Å². The van der Waals surface area contributed by atoms with Gasteiger partial charge in [-0.25, -0.2) is 4.98 Å². The first-order valence-electron chi connectivity index (χ1n) is 5.73. The number of piperidine rings is 1. The molecule has 82 valence electrons. The largest absolute Gasteiger partial charge is 0.354 e. The summed E-state index contributed by atoms with van der Waals surface area (Å²) >= 11 is 0. The van der Waals surface area contributed by atoms with Gasteiger partial charge in [0.05, 0.1) is 0 Å². The van der Waals surface area contributed by atoms with E-state index in [1.807, 2.05) is 6.20 Å². The number of pyridine rings is 1. The Bertz CT molecular complexity index is 307. The van der Waals surface area contributed by atoms with Crippen LogP contribution < -0.4 is 10.6 Å². The second-order valence-corrected chi connectivity index (χ2v) is 4.27. The van der Waals surface area contributed by atoms with Gasteiger partial charge in [-0.2, -0.15) is 0 Å². The highest BCUT2D eigenvalue weighted by Gasteiger charge is 2.18. The predicted molar refractivity (Wildman–Crippen MR) is 62.8 cm³/mol. The minimum Gasteiger partial charge on any atom is -0.354 e. The molecule has 1 aromatic rings. The van der Waals surface area contributed by atoms with Gasteiger partial charge in [0.25, 0.3) is 0 Å². The van der Waals surface area contributed by atoms with E-state index in [1.165, 1.54) is 19.3 Å². The molecule has 1 aliphatic heterocycles. The molecule has 3 nitrogen and oxygen atoms in total. The van der Waals surface area contributed by atoms with Crippen molar-refractivity contribution in [3.8, 4) is 0 Å². The zero-order valence-corrected chi connectivity index (χ0v) is 9.32.